The number of nitrogens with one attached hydrogen (secondary N) is 2. The molecule has 0 aliphatic rings. The lowest BCUT2D eigenvalue weighted by atomic mass is 10.3. The van der Waals surface area contributed by atoms with Crippen LogP contribution in [0.3, 0.4) is 0 Å². The SMILES string of the molecule is CN/C(C)=C(SCN)/C(=C/S)N=CNc1ccccc1.NC=O. The molecule has 0 aliphatic carbocycles. The van der Waals surface area contributed by atoms with E-state index in [2.05, 4.69) is 34.0 Å². The molecule has 1 amide bonds. The van der Waals surface area contributed by atoms with E-state index in [1.807, 2.05) is 44.3 Å². The van der Waals surface area contributed by atoms with Gasteiger partial charge < -0.3 is 22.1 Å². The van der Waals surface area contributed by atoms with E-state index < -0.39 is 0 Å². The molecule has 1 aromatic rings. The molecular formula is C15H23N5OS2. The Labute approximate surface area is 146 Å². The number of hydrogen-bond donors (Lipinski definition) is 5. The molecule has 1 aromatic carbocycles. The lowest BCUT2D eigenvalue weighted by Crippen LogP contribution is -2.07. The maximum Gasteiger partial charge on any atom is 0.204 e. The number of nitrogens with zero attached hydrogens (tertiary/aromatic N) is 1. The number of allylic oxidation sites excluding steroid dienone is 1. The third-order valence-corrected chi connectivity index (χ3v) is 3.72. The van der Waals surface area contributed by atoms with Crippen LogP contribution in [-0.4, -0.2) is 25.7 Å². The van der Waals surface area contributed by atoms with Crippen LogP contribution in [0, 0.1) is 0 Å². The van der Waals surface area contributed by atoms with E-state index in [9.17, 15) is 0 Å². The van der Waals surface area contributed by atoms with Gasteiger partial charge in [-0.3, -0.25) is 4.79 Å². The number of rotatable bonds is 7. The topological polar surface area (TPSA) is 106 Å². The second-order valence-corrected chi connectivity index (χ2v) is 5.22. The maximum absolute atomic E-state index is 8.58. The summed E-state index contributed by atoms with van der Waals surface area (Å²) in [5.74, 6) is 0.487. The van der Waals surface area contributed by atoms with E-state index in [1.165, 1.54) is 11.8 Å². The molecule has 0 saturated heterocycles. The van der Waals surface area contributed by atoms with Crippen LogP contribution in [-0.2, 0) is 4.79 Å². The number of aliphatic imine (C=N–C) groups is 1. The van der Waals surface area contributed by atoms with Crippen LogP contribution < -0.4 is 22.1 Å². The average molecular weight is 354 g/mol. The minimum absolute atomic E-state index is 0.250. The first-order valence-corrected chi connectivity index (χ1v) is 8.20. The van der Waals surface area contributed by atoms with Gasteiger partial charge in [-0.05, 0) is 24.5 Å². The third kappa shape index (κ3) is 8.97. The van der Waals surface area contributed by atoms with Gasteiger partial charge in [0, 0.05) is 24.3 Å². The lowest BCUT2D eigenvalue weighted by molar-refractivity contribution is -0.106. The molecule has 0 spiro atoms. The fraction of sp³-hybridized carbons (Fsp3) is 0.200. The fourth-order valence-corrected chi connectivity index (χ4v) is 2.46. The van der Waals surface area contributed by atoms with Crippen LogP contribution in [0.4, 0.5) is 5.69 Å². The molecule has 0 unspecified atom stereocenters. The van der Waals surface area contributed by atoms with Crippen LogP contribution in [0.15, 0.2) is 57.0 Å². The fourth-order valence-electron chi connectivity index (χ4n) is 1.43. The van der Waals surface area contributed by atoms with E-state index in [0.717, 1.165) is 22.0 Å². The second kappa shape index (κ2) is 13.7. The molecule has 0 atom stereocenters. The van der Waals surface area contributed by atoms with Gasteiger partial charge in [0.1, 0.15) is 0 Å². The normalized spacial score (nSPS) is 12.1. The van der Waals surface area contributed by atoms with Crippen molar-refractivity contribution in [3.8, 4) is 0 Å². The molecule has 1 rings (SSSR count). The molecule has 0 aromatic heterocycles. The number of thioether (sulfide) groups is 1. The highest BCUT2D eigenvalue weighted by atomic mass is 32.2. The number of primary amides is 1. The number of thiol groups is 1. The zero-order valence-electron chi connectivity index (χ0n) is 13.2. The molecule has 6 nitrogen and oxygen atoms in total. The van der Waals surface area contributed by atoms with Gasteiger partial charge in [-0.15, -0.1) is 24.4 Å². The van der Waals surface area contributed by atoms with Crippen molar-refractivity contribution >= 4 is 42.8 Å². The Morgan fingerprint density at radius 2 is 2.00 bits per heavy atom. The van der Waals surface area contributed by atoms with Gasteiger partial charge >= 0.3 is 0 Å². The number of carbonyl (C=O) groups excluding carboxylic acids is 1. The van der Waals surface area contributed by atoms with Gasteiger partial charge in [0.25, 0.3) is 0 Å². The van der Waals surface area contributed by atoms with Crippen molar-refractivity contribution in [3.63, 3.8) is 0 Å². The van der Waals surface area contributed by atoms with Gasteiger partial charge in [0.05, 0.1) is 16.9 Å². The number of carbonyl (C=O) groups is 1. The summed E-state index contributed by atoms with van der Waals surface area (Å²) in [6, 6.07) is 9.84. The van der Waals surface area contributed by atoms with Gasteiger partial charge in [-0.2, -0.15) is 0 Å². The van der Waals surface area contributed by atoms with Gasteiger partial charge in [0.15, 0.2) is 0 Å². The van der Waals surface area contributed by atoms with Crippen LogP contribution >= 0.6 is 24.4 Å². The molecule has 6 N–H and O–H groups in total. The quantitative estimate of drug-likeness (QED) is 0.129. The van der Waals surface area contributed by atoms with Crippen molar-refractivity contribution in [2.75, 3.05) is 18.2 Å². The molecule has 0 fully saturated rings. The van der Waals surface area contributed by atoms with Crippen LogP contribution in [0.2, 0.25) is 0 Å². The monoisotopic (exact) mass is 353 g/mol. The van der Waals surface area contributed by atoms with E-state index in [0.29, 0.717) is 5.88 Å². The highest BCUT2D eigenvalue weighted by Crippen LogP contribution is 2.26. The smallest absolute Gasteiger partial charge is 0.204 e. The van der Waals surface area contributed by atoms with Gasteiger partial charge in [-0.1, -0.05) is 18.2 Å². The van der Waals surface area contributed by atoms with Crippen molar-refractivity contribution in [1.82, 2.24) is 5.32 Å². The summed E-state index contributed by atoms with van der Waals surface area (Å²) in [4.78, 5) is 14.0. The van der Waals surface area contributed by atoms with Crippen molar-refractivity contribution < 1.29 is 4.79 Å². The van der Waals surface area contributed by atoms with Crippen LogP contribution in [0.5, 0.6) is 0 Å². The van der Waals surface area contributed by atoms with Crippen molar-refractivity contribution in [2.24, 2.45) is 16.5 Å². The third-order valence-electron chi connectivity index (χ3n) is 2.51. The Hall–Kier alpha value is -1.90. The zero-order valence-corrected chi connectivity index (χ0v) is 14.9. The summed E-state index contributed by atoms with van der Waals surface area (Å²) in [7, 11) is 1.87. The molecule has 0 heterocycles. The summed E-state index contributed by atoms with van der Waals surface area (Å²) in [5.41, 5.74) is 12.5. The summed E-state index contributed by atoms with van der Waals surface area (Å²) < 4.78 is 0. The number of hydrogen-bond acceptors (Lipinski definition) is 6. The number of amides is 1. The molecule has 126 valence electrons. The molecule has 8 heteroatoms. The van der Waals surface area contributed by atoms with Crippen molar-refractivity contribution in [3.05, 3.63) is 52.0 Å². The summed E-state index contributed by atoms with van der Waals surface area (Å²) >= 11 is 5.75. The maximum atomic E-state index is 8.58. The van der Waals surface area contributed by atoms with E-state index in [-0.39, 0.29) is 6.41 Å². The van der Waals surface area contributed by atoms with Crippen LogP contribution in [0.25, 0.3) is 0 Å². The molecule has 0 radical (unpaired) electrons. The summed E-state index contributed by atoms with van der Waals surface area (Å²) in [6.07, 6.45) is 1.90. The molecule has 0 bridgehead atoms. The Morgan fingerprint density at radius 1 is 1.39 bits per heavy atom. The Kier molecular flexibility index (Phi) is 12.6. The predicted molar refractivity (Wildman–Crippen MR) is 104 cm³/mol. The summed E-state index contributed by atoms with van der Waals surface area (Å²) in [5, 5.41) is 7.89. The van der Waals surface area contributed by atoms with Crippen molar-refractivity contribution in [1.29, 1.82) is 0 Å². The molecular weight excluding hydrogens is 330 g/mol. The highest BCUT2D eigenvalue weighted by Gasteiger charge is 2.07. The number of para-hydroxylation sites is 1. The van der Waals surface area contributed by atoms with Crippen molar-refractivity contribution in [2.45, 2.75) is 6.92 Å². The Balaban J connectivity index is 0.00000149. The first kappa shape index (κ1) is 21.1. The van der Waals surface area contributed by atoms with Crippen LogP contribution in [0.1, 0.15) is 6.92 Å². The first-order valence-electron chi connectivity index (χ1n) is 6.70. The molecule has 23 heavy (non-hydrogen) atoms. The van der Waals surface area contributed by atoms with E-state index >= 15 is 0 Å². The van der Waals surface area contributed by atoms with Gasteiger partial charge in [-0.25, -0.2) is 4.99 Å². The second-order valence-electron chi connectivity index (χ2n) is 3.93. The number of benzene rings is 1. The highest BCUT2D eigenvalue weighted by molar-refractivity contribution is 8.03. The predicted octanol–water partition coefficient (Wildman–Crippen LogP) is 2.10. The minimum Gasteiger partial charge on any atom is -0.391 e. The minimum atomic E-state index is 0.250. The lowest BCUT2D eigenvalue weighted by Gasteiger charge is -2.11. The number of anilines is 1. The van der Waals surface area contributed by atoms with Gasteiger partial charge in [0.2, 0.25) is 6.41 Å². The van der Waals surface area contributed by atoms with E-state index in [1.54, 1.807) is 11.7 Å². The largest absolute Gasteiger partial charge is 0.391 e. The Bertz CT molecular complexity index is 544. The standard InChI is InChI=1S/C14H20N4S2.CH3NO/c1-11(16-2)14(20-9-15)13(8-19)18-10-17-12-6-4-3-5-7-12;2-1-3/h3-8,10,16,19H,9,15H2,1-2H3,(H,17,18);1H,(H2,2,3)/b13-8-,14-11-;. The number of nitrogens with two attached hydrogens (primary N) is 2. The Morgan fingerprint density at radius 3 is 2.48 bits per heavy atom. The zero-order chi connectivity index (χ0) is 17.5. The van der Waals surface area contributed by atoms with E-state index in [4.69, 9.17) is 10.5 Å². The molecule has 0 aliphatic heterocycles. The first-order chi connectivity index (χ1) is 11.1. The summed E-state index contributed by atoms with van der Waals surface area (Å²) in [6.45, 7) is 1.98. The molecule has 0 saturated carbocycles. The average Bonchev–Trinajstić information content (AvgIpc) is 2.58.